The molecule has 0 radical (unpaired) electrons. The summed E-state index contributed by atoms with van der Waals surface area (Å²) in [5.41, 5.74) is 0.863. The molecule has 120 valence electrons. The first-order valence-electron chi connectivity index (χ1n) is 7.47. The third-order valence-corrected chi connectivity index (χ3v) is 5.77. The molecule has 0 aliphatic carbocycles. The molecule has 1 aromatic heterocycles. The van der Waals surface area contributed by atoms with Gasteiger partial charge in [0, 0.05) is 32.2 Å². The number of hydrogen-bond donors (Lipinski definition) is 1. The predicted octanol–water partition coefficient (Wildman–Crippen LogP) is 1.28. The third kappa shape index (κ3) is 4.29. The Labute approximate surface area is 127 Å². The Morgan fingerprint density at radius 3 is 3.00 bits per heavy atom. The first-order valence-corrected chi connectivity index (χ1v) is 8.87. The van der Waals surface area contributed by atoms with Crippen LogP contribution in [0.5, 0.6) is 0 Å². The lowest BCUT2D eigenvalue weighted by Gasteiger charge is -2.34. The lowest BCUT2D eigenvalue weighted by atomic mass is 10.00. The first kappa shape index (κ1) is 16.5. The normalized spacial score (nSPS) is 21.0. The first-order chi connectivity index (χ1) is 10.0. The highest BCUT2D eigenvalue weighted by Crippen LogP contribution is 2.21. The highest BCUT2D eigenvalue weighted by atomic mass is 32.2. The second-order valence-electron chi connectivity index (χ2n) is 5.57. The van der Waals surface area contributed by atoms with E-state index in [0.29, 0.717) is 25.6 Å². The van der Waals surface area contributed by atoms with Crippen molar-refractivity contribution in [2.45, 2.75) is 26.3 Å². The molecule has 6 nitrogen and oxygen atoms in total. The number of nitrogens with zero attached hydrogens (tertiary/aromatic N) is 2. The van der Waals surface area contributed by atoms with E-state index in [2.05, 4.69) is 12.2 Å². The van der Waals surface area contributed by atoms with Crippen LogP contribution in [0.2, 0.25) is 0 Å². The van der Waals surface area contributed by atoms with Crippen LogP contribution >= 0.6 is 0 Å². The predicted molar refractivity (Wildman–Crippen MR) is 81.9 cm³/mol. The van der Waals surface area contributed by atoms with Gasteiger partial charge in [-0.3, -0.25) is 0 Å². The fraction of sp³-hybridized carbons (Fsp3) is 0.714. The SMILES string of the molecule is CCNCC1CCCN(S(=O)(=O)N(C)Cc2ccoc2)C1. The van der Waals surface area contributed by atoms with E-state index in [1.54, 1.807) is 29.9 Å². The second-order valence-corrected chi connectivity index (χ2v) is 7.60. The van der Waals surface area contributed by atoms with Gasteiger partial charge >= 0.3 is 0 Å². The molecule has 21 heavy (non-hydrogen) atoms. The molecule has 7 heteroatoms. The van der Waals surface area contributed by atoms with Crippen LogP contribution in [0.4, 0.5) is 0 Å². The number of hydrogen-bond acceptors (Lipinski definition) is 4. The Hall–Kier alpha value is -0.890. The van der Waals surface area contributed by atoms with Gasteiger partial charge in [0.05, 0.1) is 12.5 Å². The van der Waals surface area contributed by atoms with Crippen LogP contribution in [0, 0.1) is 5.92 Å². The second kappa shape index (κ2) is 7.40. The minimum atomic E-state index is -3.40. The fourth-order valence-corrected chi connectivity index (χ4v) is 4.14. The van der Waals surface area contributed by atoms with Crippen molar-refractivity contribution < 1.29 is 12.8 Å². The molecule has 0 saturated carbocycles. The molecule has 1 aromatic rings. The van der Waals surface area contributed by atoms with E-state index in [1.165, 1.54) is 4.31 Å². The maximum Gasteiger partial charge on any atom is 0.282 e. The van der Waals surface area contributed by atoms with Crippen molar-refractivity contribution >= 4 is 10.2 Å². The molecule has 2 heterocycles. The minimum Gasteiger partial charge on any atom is -0.472 e. The minimum absolute atomic E-state index is 0.340. The van der Waals surface area contributed by atoms with Crippen molar-refractivity contribution in [1.29, 1.82) is 0 Å². The maximum absolute atomic E-state index is 12.6. The van der Waals surface area contributed by atoms with E-state index >= 15 is 0 Å². The zero-order valence-electron chi connectivity index (χ0n) is 12.8. The highest BCUT2D eigenvalue weighted by Gasteiger charge is 2.31. The molecule has 0 bridgehead atoms. The van der Waals surface area contributed by atoms with Gasteiger partial charge in [-0.2, -0.15) is 17.0 Å². The molecule has 2 rings (SSSR count). The molecular formula is C14H25N3O3S. The molecule has 1 atom stereocenters. The Bertz CT molecular complexity index is 516. The standard InChI is InChI=1S/C14H25N3O3S/c1-3-15-9-13-5-4-7-17(11-13)21(18,19)16(2)10-14-6-8-20-12-14/h6,8,12-13,15H,3-5,7,9-11H2,1-2H3. The molecule has 1 saturated heterocycles. The van der Waals surface area contributed by atoms with Gasteiger partial charge in [0.2, 0.25) is 0 Å². The molecule has 0 spiro atoms. The van der Waals surface area contributed by atoms with Gasteiger partial charge in [0.25, 0.3) is 10.2 Å². The Morgan fingerprint density at radius 2 is 2.33 bits per heavy atom. The molecule has 1 fully saturated rings. The largest absolute Gasteiger partial charge is 0.472 e. The lowest BCUT2D eigenvalue weighted by Crippen LogP contribution is -2.47. The van der Waals surface area contributed by atoms with Crippen LogP contribution in [-0.4, -0.2) is 50.3 Å². The summed E-state index contributed by atoms with van der Waals surface area (Å²) in [6, 6.07) is 1.79. The smallest absolute Gasteiger partial charge is 0.282 e. The monoisotopic (exact) mass is 315 g/mol. The highest BCUT2D eigenvalue weighted by molar-refractivity contribution is 7.86. The average molecular weight is 315 g/mol. The number of furan rings is 1. The van der Waals surface area contributed by atoms with Crippen molar-refractivity contribution in [3.8, 4) is 0 Å². The van der Waals surface area contributed by atoms with Crippen molar-refractivity contribution in [3.05, 3.63) is 24.2 Å². The maximum atomic E-state index is 12.6. The summed E-state index contributed by atoms with van der Waals surface area (Å²) in [6.45, 7) is 5.42. The van der Waals surface area contributed by atoms with Crippen molar-refractivity contribution in [1.82, 2.24) is 13.9 Å². The van der Waals surface area contributed by atoms with E-state index in [-0.39, 0.29) is 0 Å². The topological polar surface area (TPSA) is 65.8 Å². The lowest BCUT2D eigenvalue weighted by molar-refractivity contribution is 0.246. The average Bonchev–Trinajstić information content (AvgIpc) is 2.98. The van der Waals surface area contributed by atoms with Gasteiger partial charge < -0.3 is 9.73 Å². The molecule has 0 amide bonds. The van der Waals surface area contributed by atoms with Gasteiger partial charge in [-0.15, -0.1) is 0 Å². The van der Waals surface area contributed by atoms with E-state index in [0.717, 1.165) is 31.5 Å². The van der Waals surface area contributed by atoms with Crippen molar-refractivity contribution in [3.63, 3.8) is 0 Å². The Balaban J connectivity index is 1.97. The van der Waals surface area contributed by atoms with E-state index < -0.39 is 10.2 Å². The van der Waals surface area contributed by atoms with Crippen molar-refractivity contribution in [2.24, 2.45) is 5.92 Å². The fourth-order valence-electron chi connectivity index (χ4n) is 2.67. The summed E-state index contributed by atoms with van der Waals surface area (Å²) >= 11 is 0. The van der Waals surface area contributed by atoms with Crippen LogP contribution in [0.25, 0.3) is 0 Å². The Morgan fingerprint density at radius 1 is 1.52 bits per heavy atom. The zero-order valence-corrected chi connectivity index (χ0v) is 13.6. The number of rotatable bonds is 7. The van der Waals surface area contributed by atoms with Crippen LogP contribution < -0.4 is 5.32 Å². The summed E-state index contributed by atoms with van der Waals surface area (Å²) in [4.78, 5) is 0. The van der Waals surface area contributed by atoms with Crippen molar-refractivity contribution in [2.75, 3.05) is 33.2 Å². The van der Waals surface area contributed by atoms with Gasteiger partial charge in [-0.25, -0.2) is 0 Å². The Kier molecular flexibility index (Phi) is 5.80. The summed E-state index contributed by atoms with van der Waals surface area (Å²) < 4.78 is 33.3. The van der Waals surface area contributed by atoms with Crippen LogP contribution in [0.15, 0.2) is 23.0 Å². The quantitative estimate of drug-likeness (QED) is 0.823. The van der Waals surface area contributed by atoms with Gasteiger partial charge in [0.15, 0.2) is 0 Å². The summed E-state index contributed by atoms with van der Waals surface area (Å²) in [7, 11) is -1.78. The molecule has 0 aromatic carbocycles. The van der Waals surface area contributed by atoms with Crippen LogP contribution in [-0.2, 0) is 16.8 Å². The zero-order chi connectivity index (χ0) is 15.3. The van der Waals surface area contributed by atoms with E-state index in [1.807, 2.05) is 0 Å². The molecule has 1 N–H and O–H groups in total. The molecule has 1 aliphatic rings. The third-order valence-electron chi connectivity index (χ3n) is 3.87. The molecule has 1 unspecified atom stereocenters. The van der Waals surface area contributed by atoms with E-state index in [4.69, 9.17) is 4.42 Å². The van der Waals surface area contributed by atoms with Crippen LogP contribution in [0.1, 0.15) is 25.3 Å². The van der Waals surface area contributed by atoms with Gasteiger partial charge in [0.1, 0.15) is 0 Å². The van der Waals surface area contributed by atoms with Gasteiger partial charge in [-0.05, 0) is 37.9 Å². The summed E-state index contributed by atoms with van der Waals surface area (Å²) in [5, 5.41) is 3.31. The number of piperidine rings is 1. The van der Waals surface area contributed by atoms with Crippen LogP contribution in [0.3, 0.4) is 0 Å². The molecular weight excluding hydrogens is 290 g/mol. The molecule has 1 aliphatic heterocycles. The van der Waals surface area contributed by atoms with E-state index in [9.17, 15) is 8.42 Å². The summed E-state index contributed by atoms with van der Waals surface area (Å²) in [6.07, 6.45) is 5.15. The number of nitrogens with one attached hydrogen (secondary N) is 1. The van der Waals surface area contributed by atoms with Gasteiger partial charge in [-0.1, -0.05) is 6.92 Å². The summed E-state index contributed by atoms with van der Waals surface area (Å²) in [5.74, 6) is 0.399.